The molecule has 0 aromatic heterocycles. The topological polar surface area (TPSA) is 86.8 Å². The summed E-state index contributed by atoms with van der Waals surface area (Å²) in [5.41, 5.74) is 1.71. The zero-order chi connectivity index (χ0) is 32.4. The lowest BCUT2D eigenvalue weighted by Crippen LogP contribution is -2.53. The number of nitrogens with one attached hydrogen (secondary N) is 1. The van der Waals surface area contributed by atoms with Gasteiger partial charge in [-0.1, -0.05) is 103 Å². The summed E-state index contributed by atoms with van der Waals surface area (Å²) in [7, 11) is -4.20. The summed E-state index contributed by atoms with van der Waals surface area (Å²) in [5.74, 6) is -0.924. The molecule has 0 saturated heterocycles. The van der Waals surface area contributed by atoms with Crippen molar-refractivity contribution in [3.8, 4) is 0 Å². The molecular formula is C34H34Cl3N3O4S. The molecule has 0 aliphatic carbocycles. The first-order chi connectivity index (χ1) is 21.6. The number of carbonyl (C=O) groups is 2. The van der Waals surface area contributed by atoms with Crippen molar-refractivity contribution in [1.29, 1.82) is 0 Å². The van der Waals surface area contributed by atoms with Crippen LogP contribution in [0.1, 0.15) is 30.9 Å². The van der Waals surface area contributed by atoms with Gasteiger partial charge in [-0.15, -0.1) is 0 Å². The lowest BCUT2D eigenvalue weighted by molar-refractivity contribution is -0.140. The normalized spacial score (nSPS) is 11.9. The van der Waals surface area contributed by atoms with Gasteiger partial charge in [0.2, 0.25) is 11.8 Å². The maximum Gasteiger partial charge on any atom is 0.264 e. The molecule has 0 radical (unpaired) electrons. The molecule has 236 valence electrons. The summed E-state index contributed by atoms with van der Waals surface area (Å²) < 4.78 is 29.0. The molecule has 45 heavy (non-hydrogen) atoms. The van der Waals surface area contributed by atoms with Gasteiger partial charge >= 0.3 is 0 Å². The highest BCUT2D eigenvalue weighted by atomic mass is 35.5. The zero-order valence-corrected chi connectivity index (χ0v) is 27.8. The second-order valence-electron chi connectivity index (χ2n) is 10.4. The van der Waals surface area contributed by atoms with E-state index in [0.717, 1.165) is 22.7 Å². The Morgan fingerprint density at radius 1 is 0.800 bits per heavy atom. The standard InChI is InChI=1S/C34H34Cl3N3O4S/c1-2-3-20-38-34(42)32(22-25-10-6-4-7-11-25)39(23-26-14-19-30(36)31(37)21-26)33(41)24-40(28-17-15-27(35)16-18-28)45(43,44)29-12-8-5-9-13-29/h4-19,21,32H,2-3,20,22-24H2,1H3,(H,38,42). The minimum atomic E-state index is -4.20. The van der Waals surface area contributed by atoms with Crippen LogP contribution in [0.5, 0.6) is 0 Å². The molecule has 1 unspecified atom stereocenters. The van der Waals surface area contributed by atoms with Crippen molar-refractivity contribution in [1.82, 2.24) is 10.2 Å². The highest BCUT2D eigenvalue weighted by Gasteiger charge is 2.34. The molecule has 4 aromatic carbocycles. The van der Waals surface area contributed by atoms with Gasteiger partial charge in [0, 0.05) is 24.5 Å². The van der Waals surface area contributed by atoms with Gasteiger partial charge in [0.1, 0.15) is 12.6 Å². The average molecular weight is 687 g/mol. The molecular weight excluding hydrogens is 653 g/mol. The summed E-state index contributed by atoms with van der Waals surface area (Å²) >= 11 is 18.6. The van der Waals surface area contributed by atoms with Crippen LogP contribution in [0.25, 0.3) is 0 Å². The van der Waals surface area contributed by atoms with Crippen LogP contribution in [0, 0.1) is 0 Å². The van der Waals surface area contributed by atoms with E-state index in [1.54, 1.807) is 48.5 Å². The van der Waals surface area contributed by atoms with E-state index in [1.807, 2.05) is 37.3 Å². The van der Waals surface area contributed by atoms with Gasteiger partial charge in [-0.25, -0.2) is 8.42 Å². The Balaban J connectivity index is 1.79. The number of benzene rings is 4. The molecule has 1 N–H and O–H groups in total. The van der Waals surface area contributed by atoms with Gasteiger partial charge in [-0.3, -0.25) is 13.9 Å². The van der Waals surface area contributed by atoms with E-state index in [0.29, 0.717) is 27.2 Å². The summed E-state index contributed by atoms with van der Waals surface area (Å²) in [6.45, 7) is 1.86. The lowest BCUT2D eigenvalue weighted by Gasteiger charge is -2.34. The molecule has 0 aliphatic heterocycles. The Morgan fingerprint density at radius 3 is 2.07 bits per heavy atom. The van der Waals surface area contributed by atoms with E-state index >= 15 is 0 Å². The lowest BCUT2D eigenvalue weighted by atomic mass is 10.0. The molecule has 0 spiro atoms. The van der Waals surface area contributed by atoms with Gasteiger partial charge in [-0.2, -0.15) is 0 Å². The smallest absolute Gasteiger partial charge is 0.264 e. The number of carbonyl (C=O) groups excluding carboxylic acids is 2. The second-order valence-corrected chi connectivity index (χ2v) is 13.5. The SMILES string of the molecule is CCCCNC(=O)C(Cc1ccccc1)N(Cc1ccc(Cl)c(Cl)c1)C(=O)CN(c1ccc(Cl)cc1)S(=O)(=O)c1ccccc1. The van der Waals surface area contributed by atoms with Crippen LogP contribution in [-0.4, -0.2) is 44.3 Å². The molecule has 0 bridgehead atoms. The first-order valence-corrected chi connectivity index (χ1v) is 17.1. The molecule has 0 fully saturated rings. The quantitative estimate of drug-likeness (QED) is 0.140. The maximum absolute atomic E-state index is 14.4. The van der Waals surface area contributed by atoms with E-state index in [9.17, 15) is 18.0 Å². The zero-order valence-electron chi connectivity index (χ0n) is 24.7. The fourth-order valence-electron chi connectivity index (χ4n) is 4.75. The molecule has 11 heteroatoms. The number of unbranched alkanes of at least 4 members (excludes halogenated alkanes) is 1. The Morgan fingerprint density at radius 2 is 1.44 bits per heavy atom. The summed E-state index contributed by atoms with van der Waals surface area (Å²) in [5, 5.41) is 4.02. The van der Waals surface area contributed by atoms with Crippen LogP contribution in [0.3, 0.4) is 0 Å². The largest absolute Gasteiger partial charge is 0.354 e. The summed E-state index contributed by atoms with van der Waals surface area (Å²) in [6, 6.07) is 27.4. The molecule has 4 rings (SSSR count). The number of rotatable bonds is 14. The van der Waals surface area contributed by atoms with Crippen LogP contribution >= 0.6 is 34.8 Å². The van der Waals surface area contributed by atoms with Crippen LogP contribution in [-0.2, 0) is 32.6 Å². The van der Waals surface area contributed by atoms with E-state index < -0.39 is 28.5 Å². The number of amides is 2. The molecule has 1 atom stereocenters. The minimum absolute atomic E-state index is 0.0157. The number of hydrogen-bond acceptors (Lipinski definition) is 4. The van der Waals surface area contributed by atoms with Crippen LogP contribution in [0.4, 0.5) is 5.69 Å². The molecule has 2 amide bonds. The van der Waals surface area contributed by atoms with Gasteiger partial charge in [-0.05, 0) is 66.1 Å². The van der Waals surface area contributed by atoms with Gasteiger partial charge in [0.25, 0.3) is 10.0 Å². The number of anilines is 1. The third kappa shape index (κ3) is 9.23. The molecule has 7 nitrogen and oxygen atoms in total. The van der Waals surface area contributed by atoms with E-state index in [2.05, 4.69) is 5.32 Å². The predicted molar refractivity (Wildman–Crippen MR) is 181 cm³/mol. The van der Waals surface area contributed by atoms with E-state index in [1.165, 1.54) is 29.2 Å². The van der Waals surface area contributed by atoms with Gasteiger partial charge < -0.3 is 10.2 Å². The van der Waals surface area contributed by atoms with Crippen molar-refractivity contribution in [3.05, 3.63) is 129 Å². The number of nitrogens with zero attached hydrogens (tertiary/aromatic N) is 2. The molecule has 0 saturated carbocycles. The molecule has 0 aliphatic rings. The maximum atomic E-state index is 14.4. The van der Waals surface area contributed by atoms with Crippen LogP contribution in [0.2, 0.25) is 15.1 Å². The number of sulfonamides is 1. The fraction of sp³-hybridized carbons (Fsp3) is 0.235. The van der Waals surface area contributed by atoms with Gasteiger partial charge in [0.15, 0.2) is 0 Å². The molecule has 4 aromatic rings. The Hall–Kier alpha value is -3.56. The van der Waals surface area contributed by atoms with Gasteiger partial charge in [0.05, 0.1) is 20.6 Å². The third-order valence-corrected chi connectivity index (χ3v) is 9.94. The molecule has 0 heterocycles. The number of halogens is 3. The summed E-state index contributed by atoms with van der Waals surface area (Å²) in [4.78, 5) is 29.7. The second kappa shape index (κ2) is 16.1. The number of hydrogen-bond donors (Lipinski definition) is 1. The van der Waals surface area contributed by atoms with Crippen molar-refractivity contribution in [3.63, 3.8) is 0 Å². The third-order valence-electron chi connectivity index (χ3n) is 7.16. The van der Waals surface area contributed by atoms with Crippen molar-refractivity contribution in [2.75, 3.05) is 17.4 Å². The fourth-order valence-corrected chi connectivity index (χ4v) is 6.63. The highest BCUT2D eigenvalue weighted by Crippen LogP contribution is 2.27. The van der Waals surface area contributed by atoms with E-state index in [-0.39, 0.29) is 29.5 Å². The summed E-state index contributed by atoms with van der Waals surface area (Å²) in [6.07, 6.45) is 1.85. The van der Waals surface area contributed by atoms with Crippen LogP contribution in [0.15, 0.2) is 108 Å². The van der Waals surface area contributed by atoms with Crippen molar-refractivity contribution >= 4 is 62.3 Å². The first-order valence-electron chi connectivity index (χ1n) is 14.5. The Labute approximate surface area is 279 Å². The average Bonchev–Trinajstić information content (AvgIpc) is 3.04. The van der Waals surface area contributed by atoms with E-state index in [4.69, 9.17) is 34.8 Å². The Kier molecular flexibility index (Phi) is 12.3. The van der Waals surface area contributed by atoms with Crippen molar-refractivity contribution in [2.45, 2.75) is 43.7 Å². The minimum Gasteiger partial charge on any atom is -0.354 e. The predicted octanol–water partition coefficient (Wildman–Crippen LogP) is 7.40. The highest BCUT2D eigenvalue weighted by molar-refractivity contribution is 7.92. The van der Waals surface area contributed by atoms with Crippen LogP contribution < -0.4 is 9.62 Å². The van der Waals surface area contributed by atoms with Crippen molar-refractivity contribution < 1.29 is 18.0 Å². The van der Waals surface area contributed by atoms with Crippen molar-refractivity contribution in [2.24, 2.45) is 0 Å². The Bertz CT molecular complexity index is 1690. The monoisotopic (exact) mass is 685 g/mol. The first kappa shape index (κ1) is 34.3.